The van der Waals surface area contributed by atoms with Gasteiger partial charge in [-0.2, -0.15) is 25.8 Å². The van der Waals surface area contributed by atoms with Crippen LogP contribution in [0, 0.1) is 48.8 Å². The molecular formula is C34H22N12NiO8S2-4. The smallest absolute Gasteiger partial charge is 0.169 e. The van der Waals surface area contributed by atoms with E-state index in [2.05, 4.69) is 108 Å². The molecule has 2 N–H and O–H groups in total. The van der Waals surface area contributed by atoms with E-state index in [4.69, 9.17) is 25.6 Å². The van der Waals surface area contributed by atoms with Crippen LogP contribution in [0.15, 0.2) is 85.6 Å². The van der Waals surface area contributed by atoms with E-state index in [1.165, 1.54) is 12.1 Å². The molecule has 6 aromatic rings. The monoisotopic (exact) mass is 848 g/mol. The average molecular weight is 849 g/mol. The van der Waals surface area contributed by atoms with E-state index in [-0.39, 0.29) is 89.0 Å². The largest absolute Gasteiger partial charge is 0.506 e. The fraction of sp³-hybridized carbons (Fsp3) is 0. The number of benzene rings is 4. The molecule has 20 nitrogen and oxygen atoms in total. The van der Waals surface area contributed by atoms with Crippen molar-refractivity contribution in [3.8, 4) is 41.2 Å². The Morgan fingerprint density at radius 2 is 1.12 bits per heavy atom. The number of nitriles is 3. The molecule has 0 saturated carbocycles. The van der Waals surface area contributed by atoms with Crippen LogP contribution in [-0.2, 0) is 35.2 Å². The molecule has 0 aliphatic carbocycles. The van der Waals surface area contributed by atoms with E-state index < -0.39 is 0 Å². The second-order valence-electron chi connectivity index (χ2n) is 9.64. The van der Waals surface area contributed by atoms with Crippen LogP contribution in [0.5, 0.6) is 23.0 Å². The number of aliphatic imine (C=N–C) groups is 5. The van der Waals surface area contributed by atoms with Crippen molar-refractivity contribution < 1.29 is 55.2 Å². The van der Waals surface area contributed by atoms with Crippen molar-refractivity contribution >= 4 is 95.2 Å². The van der Waals surface area contributed by atoms with Crippen molar-refractivity contribution in [2.24, 2.45) is 25.0 Å². The van der Waals surface area contributed by atoms with Crippen LogP contribution >= 0.6 is 25.8 Å². The van der Waals surface area contributed by atoms with Gasteiger partial charge < -0.3 is 64.8 Å². The Hall–Kier alpha value is -7.05. The van der Waals surface area contributed by atoms with Gasteiger partial charge in [0, 0.05) is 77.0 Å². The summed E-state index contributed by atoms with van der Waals surface area (Å²) >= 11 is 6.77. The molecule has 0 fully saturated rings. The molecule has 57 heavy (non-hydrogen) atoms. The Bertz CT molecular complexity index is 2610. The Morgan fingerprint density at radius 1 is 0.649 bits per heavy atom. The maximum atomic E-state index is 10.1. The average Bonchev–Trinajstić information content (AvgIpc) is 3.81. The molecule has 2 heterocycles. The summed E-state index contributed by atoms with van der Waals surface area (Å²) in [5.41, 5.74) is 0.153. The minimum Gasteiger partial charge on any atom is -0.506 e. The first kappa shape index (κ1) is 46.1. The van der Waals surface area contributed by atoms with Crippen molar-refractivity contribution in [3.63, 3.8) is 0 Å². The molecule has 0 bridgehead atoms. The number of hydrogen-bond donors (Lipinski definition) is 4. The first-order valence-electron chi connectivity index (χ1n) is 14.2. The fourth-order valence-electron chi connectivity index (χ4n) is 4.34. The van der Waals surface area contributed by atoms with Gasteiger partial charge in [0.1, 0.15) is 52.6 Å². The summed E-state index contributed by atoms with van der Waals surface area (Å²) in [6.07, 6.45) is 0. The van der Waals surface area contributed by atoms with Gasteiger partial charge in [0.25, 0.3) is 0 Å². The number of hydrogen-bond acceptors (Lipinski definition) is 20. The summed E-state index contributed by atoms with van der Waals surface area (Å²) in [4.78, 5) is 44.1. The van der Waals surface area contributed by atoms with E-state index >= 15 is 0 Å². The molecule has 0 spiro atoms. The Kier molecular flexibility index (Phi) is 18.1. The third kappa shape index (κ3) is 11.5. The number of phenols is 2. The molecule has 4 aromatic carbocycles. The predicted molar refractivity (Wildman–Crippen MR) is 204 cm³/mol. The van der Waals surface area contributed by atoms with Gasteiger partial charge in [0.15, 0.2) is 11.5 Å². The Balaban J connectivity index is 0.000000374. The van der Waals surface area contributed by atoms with Crippen molar-refractivity contribution in [3.05, 3.63) is 92.6 Å². The van der Waals surface area contributed by atoms with Gasteiger partial charge in [-0.25, -0.2) is 0 Å². The first-order chi connectivity index (χ1) is 26.3. The van der Waals surface area contributed by atoms with Crippen LogP contribution in [-0.4, -0.2) is 38.9 Å². The standard InChI is InChI=1S/C16H9N6O4S.C16H7N6O4S.2CH3.Ni/c1-18-15-12(7-17)21-16(22-15)20-8-19-14-11-4-3-10(24-25-26-27)6-9(11)2-5-13(14)23;17-6-12-13(7-18)22-16(21-12)20-8-19-15-11-3-2-10(24-25-26-27)5-9(11)1-4-14(15)23;;;/h2-6H,1H2,(H2-,21,22,23,27);1-5H,(H2-,21,22,23,27);2*1H3;/q4*-1;. The zero-order valence-corrected chi connectivity index (χ0v) is 31.7. The third-order valence-corrected chi connectivity index (χ3v) is 6.69. The predicted octanol–water partition coefficient (Wildman–Crippen LogP) is 7.09. The molecular weight excluding hydrogens is 827 g/mol. The molecule has 23 heteroatoms. The molecule has 0 aliphatic heterocycles. The van der Waals surface area contributed by atoms with Crippen molar-refractivity contribution in [1.82, 2.24) is 19.9 Å². The summed E-state index contributed by atoms with van der Waals surface area (Å²) < 4.78 is 8.13. The Morgan fingerprint density at radius 3 is 1.53 bits per heavy atom. The number of aromatic nitrogens is 4. The fourth-order valence-corrected chi connectivity index (χ4v) is 4.40. The van der Waals surface area contributed by atoms with E-state index in [0.29, 0.717) is 33.0 Å². The van der Waals surface area contributed by atoms with E-state index in [9.17, 15) is 10.2 Å². The topological polar surface area (TPSA) is 283 Å². The van der Waals surface area contributed by atoms with Gasteiger partial charge in [-0.1, -0.05) is 12.1 Å². The SMILES string of the molecule is C=Nc1nc(N=C=Nc2c(O)ccc3cc(OOOS)ccc23)[n-]c1C#N.N#Cc1nc(N=C=Nc2c(O)ccc3cc(OOOS)ccc23)[n-]c1C#N.[CH3-].[CH3-].[Ni]. The maximum absolute atomic E-state index is 10.1. The molecule has 0 amide bonds. The van der Waals surface area contributed by atoms with Gasteiger partial charge >= 0.3 is 0 Å². The van der Waals surface area contributed by atoms with Crippen LogP contribution in [0.3, 0.4) is 0 Å². The summed E-state index contributed by atoms with van der Waals surface area (Å²) in [7, 11) is 0. The number of aromatic hydroxyl groups is 2. The van der Waals surface area contributed by atoms with Crippen molar-refractivity contribution in [2.45, 2.75) is 0 Å². The molecule has 292 valence electrons. The quantitative estimate of drug-likeness (QED) is 0.0193. The van der Waals surface area contributed by atoms with Crippen LogP contribution < -0.4 is 19.7 Å². The van der Waals surface area contributed by atoms with Gasteiger partial charge in [-0.15, -0.1) is 8.67 Å². The van der Waals surface area contributed by atoms with E-state index in [1.54, 1.807) is 60.7 Å². The second kappa shape index (κ2) is 22.4. The van der Waals surface area contributed by atoms with Gasteiger partial charge in [0.2, 0.25) is 0 Å². The van der Waals surface area contributed by atoms with E-state index in [1.807, 2.05) is 6.07 Å². The molecule has 0 radical (unpaired) electrons. The van der Waals surface area contributed by atoms with E-state index in [0.717, 1.165) is 0 Å². The Labute approximate surface area is 343 Å². The number of rotatable bonds is 11. The van der Waals surface area contributed by atoms with Gasteiger partial charge in [-0.3, -0.25) is 4.99 Å². The number of phenolic OH excluding ortho intramolecular Hbond substituents is 2. The van der Waals surface area contributed by atoms with Crippen LogP contribution in [0.4, 0.5) is 29.1 Å². The number of nitrogens with zero attached hydrogens (tertiary/aromatic N) is 12. The van der Waals surface area contributed by atoms with Crippen molar-refractivity contribution in [1.29, 1.82) is 15.8 Å². The second-order valence-corrected chi connectivity index (χ2v) is 9.94. The number of fused-ring (bicyclic) bond motifs is 2. The minimum atomic E-state index is -0.133. The molecule has 0 aliphatic rings. The maximum Gasteiger partial charge on any atom is 0.169 e. The molecule has 0 saturated heterocycles. The number of imidazole rings is 2. The summed E-state index contributed by atoms with van der Waals surface area (Å²) in [5, 5.41) is 57.8. The summed E-state index contributed by atoms with van der Waals surface area (Å²) in [5.74, 6) is 0.402. The van der Waals surface area contributed by atoms with Crippen LogP contribution in [0.2, 0.25) is 0 Å². The molecule has 0 unspecified atom stereocenters. The zero-order valence-electron chi connectivity index (χ0n) is 28.9. The van der Waals surface area contributed by atoms with Gasteiger partial charge in [-0.05, 0) is 76.1 Å². The van der Waals surface area contributed by atoms with Crippen LogP contribution in [0.1, 0.15) is 17.1 Å². The number of thiol groups is 2. The molecule has 2 aromatic heterocycles. The van der Waals surface area contributed by atoms with Gasteiger partial charge in [0.05, 0.1) is 11.4 Å². The minimum absolute atomic E-state index is 0. The zero-order chi connectivity index (χ0) is 38.5. The summed E-state index contributed by atoms with van der Waals surface area (Å²) in [6.45, 7) is 3.30. The normalized spacial score (nSPS) is 9.46. The summed E-state index contributed by atoms with van der Waals surface area (Å²) in [6, 6.07) is 25.9. The third-order valence-electron chi connectivity index (χ3n) is 6.57. The van der Waals surface area contributed by atoms with Crippen molar-refractivity contribution in [2.75, 3.05) is 0 Å². The van der Waals surface area contributed by atoms with Crippen LogP contribution in [0.25, 0.3) is 21.5 Å². The molecule has 6 rings (SSSR count). The molecule has 0 atom stereocenters. The first-order valence-corrected chi connectivity index (χ1v) is 15.0.